The fourth-order valence-electron chi connectivity index (χ4n) is 0.315. The first kappa shape index (κ1) is 11.8. The van der Waals surface area contributed by atoms with Crippen LogP contribution < -0.4 is 0 Å². The number of hydrogen-bond donors (Lipinski definition) is 0. The molecule has 50 valence electrons. The van der Waals surface area contributed by atoms with Gasteiger partial charge in [0.2, 0.25) is 30.9 Å². The lowest BCUT2D eigenvalue weighted by molar-refractivity contribution is 3.58. The molecule has 0 aliphatic rings. The van der Waals surface area contributed by atoms with Gasteiger partial charge in [0.15, 0.2) is 0 Å². The topological polar surface area (TPSA) is 0 Å². The van der Waals surface area contributed by atoms with E-state index < -0.39 is 17.7 Å². The average molecular weight is 231 g/mol. The van der Waals surface area contributed by atoms with Crippen molar-refractivity contribution in [3.8, 4) is 0 Å². The van der Waals surface area contributed by atoms with Crippen LogP contribution in [0.2, 0.25) is 0 Å². The van der Waals surface area contributed by atoms with Crippen LogP contribution in [-0.4, -0.2) is 30.9 Å². The Kier molecular flexibility index (Phi) is 7.43. The summed E-state index contributed by atoms with van der Waals surface area (Å²) < 4.78 is 0. The molecule has 0 aromatic carbocycles. The molecule has 0 atom stereocenters. The summed E-state index contributed by atoms with van der Waals surface area (Å²) in [6.07, 6.45) is 0. The fraction of sp³-hybridized carbons (Fsp3) is 0. The van der Waals surface area contributed by atoms with Gasteiger partial charge in [0, 0.05) is 0 Å². The highest BCUT2D eigenvalue weighted by atomic mass is 35.5. The predicted molar refractivity (Wildman–Crippen MR) is 58.0 cm³/mol. The highest BCUT2D eigenvalue weighted by molar-refractivity contribution is 7.97. The lowest BCUT2D eigenvalue weighted by atomic mass is 9.04. The molecule has 0 spiro atoms. The largest absolute Gasteiger partial charge is 0.214 e. The van der Waals surface area contributed by atoms with Crippen LogP contribution in [0.3, 0.4) is 0 Å². The smallest absolute Gasteiger partial charge is 0.214 e. The van der Waals surface area contributed by atoms with Gasteiger partial charge in [-0.3, -0.25) is 0 Å². The monoisotopic (exact) mass is 230 g/mol. The minimum Gasteiger partial charge on any atom is -0.214 e. The third-order valence-corrected chi connectivity index (χ3v) is 3.25. The van der Waals surface area contributed by atoms with Crippen molar-refractivity contribution in [1.82, 2.24) is 0 Å². The van der Waals surface area contributed by atoms with Crippen LogP contribution in [0.15, 0.2) is 0 Å². The van der Waals surface area contributed by atoms with Crippen LogP contribution in [0.4, 0.5) is 0 Å². The van der Waals surface area contributed by atoms with Crippen LogP contribution in [0.5, 0.6) is 0 Å². The summed E-state index contributed by atoms with van der Waals surface area (Å²) >= 11 is 27.5. The SMILES string of the molecule is Cl[B]B(Cl)B(Cl)B(Cl)[B]Cl. The zero-order chi connectivity index (χ0) is 8.15. The van der Waals surface area contributed by atoms with E-state index in [0.29, 0.717) is 0 Å². The number of halogens is 5. The summed E-state index contributed by atoms with van der Waals surface area (Å²) in [5.74, 6) is -1.42. The van der Waals surface area contributed by atoms with Crippen molar-refractivity contribution in [1.29, 1.82) is 0 Å². The van der Waals surface area contributed by atoms with Gasteiger partial charge < -0.3 is 0 Å². The van der Waals surface area contributed by atoms with Gasteiger partial charge in [-0.1, -0.05) is 0 Å². The van der Waals surface area contributed by atoms with E-state index >= 15 is 0 Å². The number of rotatable bonds is 4. The quantitative estimate of drug-likeness (QED) is 0.644. The fourth-order valence-corrected chi connectivity index (χ4v) is 1.31. The van der Waals surface area contributed by atoms with Crippen molar-refractivity contribution in [2.45, 2.75) is 0 Å². The molecule has 0 amide bonds. The molecule has 0 fully saturated rings. The summed E-state index contributed by atoms with van der Waals surface area (Å²) in [6.45, 7) is 2.49. The van der Waals surface area contributed by atoms with Crippen LogP contribution in [0.1, 0.15) is 0 Å². The van der Waals surface area contributed by atoms with E-state index in [1.165, 1.54) is 13.2 Å². The Balaban J connectivity index is 3.69. The lowest BCUT2D eigenvalue weighted by Crippen LogP contribution is -2.43. The maximum Gasteiger partial charge on any atom is 0.214 e. The van der Waals surface area contributed by atoms with Crippen molar-refractivity contribution in [2.75, 3.05) is 0 Å². The second kappa shape index (κ2) is 6.31. The molecule has 0 nitrogen and oxygen atoms in total. The Hall–Kier alpha value is 1.77. The van der Waals surface area contributed by atoms with Crippen LogP contribution in [-0.2, 0) is 0 Å². The molecule has 0 aromatic rings. The molecule has 2 radical (unpaired) electrons. The van der Waals surface area contributed by atoms with Crippen LogP contribution in [0, 0.1) is 0 Å². The second-order valence-corrected chi connectivity index (χ2v) is 3.60. The Morgan fingerprint density at radius 3 is 1.30 bits per heavy atom. The first-order chi connectivity index (χ1) is 4.63. The number of hydrogen-bond acceptors (Lipinski definition) is 0. The standard InChI is InChI=1S/B5Cl5/c6-1-3(8)5(10)4(9)2-7. The summed E-state index contributed by atoms with van der Waals surface area (Å²) in [6, 6.07) is 0. The zero-order valence-corrected chi connectivity index (χ0v) is 8.56. The van der Waals surface area contributed by atoms with Gasteiger partial charge in [-0.25, -0.2) is 57.3 Å². The molecule has 0 aliphatic carbocycles. The lowest BCUT2D eigenvalue weighted by Gasteiger charge is -2.06. The van der Waals surface area contributed by atoms with Crippen molar-refractivity contribution < 1.29 is 0 Å². The van der Waals surface area contributed by atoms with Gasteiger partial charge in [-0.05, 0) is 0 Å². The van der Waals surface area contributed by atoms with Crippen molar-refractivity contribution >= 4 is 88.2 Å². The molecular weight excluding hydrogens is 231 g/mol. The van der Waals surface area contributed by atoms with Crippen molar-refractivity contribution in [3.63, 3.8) is 0 Å². The molecule has 10 heteroatoms. The predicted octanol–water partition coefficient (Wildman–Crippen LogP) is 1.54. The average Bonchev–Trinajstić information content (AvgIpc) is 2.00. The molecule has 0 N–H and O–H groups in total. The van der Waals surface area contributed by atoms with E-state index in [-0.39, 0.29) is 0 Å². The van der Waals surface area contributed by atoms with E-state index in [9.17, 15) is 0 Å². The van der Waals surface area contributed by atoms with Gasteiger partial charge >= 0.3 is 0 Å². The molecule has 0 aromatic heterocycles. The zero-order valence-electron chi connectivity index (χ0n) is 4.78. The van der Waals surface area contributed by atoms with Gasteiger partial charge in [-0.2, -0.15) is 0 Å². The Morgan fingerprint density at radius 1 is 0.800 bits per heavy atom. The molecule has 0 heterocycles. The summed E-state index contributed by atoms with van der Waals surface area (Å²) in [7, 11) is 0. The molecule has 10 heavy (non-hydrogen) atoms. The summed E-state index contributed by atoms with van der Waals surface area (Å²) in [4.78, 5) is 0. The highest BCUT2D eigenvalue weighted by Crippen LogP contribution is 2.08. The summed E-state index contributed by atoms with van der Waals surface area (Å²) in [5, 5.41) is 0. The van der Waals surface area contributed by atoms with Gasteiger partial charge in [0.1, 0.15) is 0 Å². The molecule has 0 bridgehead atoms. The molecular formula is B5Cl5. The first-order valence-electron chi connectivity index (χ1n) is 2.42. The van der Waals surface area contributed by atoms with Gasteiger partial charge in [0.05, 0.1) is 0 Å². The van der Waals surface area contributed by atoms with Crippen LogP contribution >= 0.6 is 57.3 Å². The highest BCUT2D eigenvalue weighted by Gasteiger charge is 2.34. The van der Waals surface area contributed by atoms with E-state index in [2.05, 4.69) is 0 Å². The minimum atomic E-state index is -0.474. The van der Waals surface area contributed by atoms with Gasteiger partial charge in [-0.15, -0.1) is 0 Å². The third-order valence-electron chi connectivity index (χ3n) is 0.849. The van der Waals surface area contributed by atoms with E-state index in [4.69, 9.17) is 57.3 Å². The second-order valence-electron chi connectivity index (χ2n) is 1.59. The molecule has 0 aliphatic heterocycles. The Morgan fingerprint density at radius 2 is 1.10 bits per heavy atom. The molecule has 0 rings (SSSR count). The van der Waals surface area contributed by atoms with Crippen LogP contribution in [0.25, 0.3) is 0 Å². The van der Waals surface area contributed by atoms with Crippen molar-refractivity contribution in [3.05, 3.63) is 0 Å². The summed E-state index contributed by atoms with van der Waals surface area (Å²) in [5.41, 5.74) is 0. The van der Waals surface area contributed by atoms with E-state index in [1.807, 2.05) is 0 Å². The maximum absolute atomic E-state index is 5.69. The normalized spacial score (nSPS) is 8.50. The molecule has 0 saturated carbocycles. The van der Waals surface area contributed by atoms with E-state index in [0.717, 1.165) is 0 Å². The first-order valence-corrected chi connectivity index (χ1v) is 4.61. The Bertz CT molecular complexity index is 76.1. The maximum atomic E-state index is 5.69. The van der Waals surface area contributed by atoms with E-state index in [1.54, 1.807) is 0 Å². The molecule has 0 saturated heterocycles. The van der Waals surface area contributed by atoms with Crippen molar-refractivity contribution in [2.24, 2.45) is 0 Å². The van der Waals surface area contributed by atoms with Gasteiger partial charge in [0.25, 0.3) is 0 Å². The third kappa shape index (κ3) is 3.97. The Labute approximate surface area is 87.8 Å². The molecule has 0 unspecified atom stereocenters. The minimum absolute atomic E-state index is 0.471.